The number of nitrogens with one attached hydrogen (secondary N) is 2. The third-order valence-electron chi connectivity index (χ3n) is 4.52. The Morgan fingerprint density at radius 2 is 2.11 bits per heavy atom. The normalized spacial score (nSPS) is 14.0. The van der Waals surface area contributed by atoms with Gasteiger partial charge in [0.1, 0.15) is 17.7 Å². The molecule has 1 aliphatic heterocycles. The standard InChI is InChI=1S/C18H20N6O2S/c25-24(26)16-12-20-17(23-8-3-4-9-23)11-15(16)19-7-10-27-18-21-13-5-1-2-6-14(13)22-18/h1-2,5-6,11-12H,3-4,7-10H2,(H,19,20)(H,21,22). The third kappa shape index (κ3) is 3.97. The summed E-state index contributed by atoms with van der Waals surface area (Å²) in [6.45, 7) is 2.49. The molecule has 1 aromatic carbocycles. The van der Waals surface area contributed by atoms with Crippen molar-refractivity contribution in [2.75, 3.05) is 35.6 Å². The second kappa shape index (κ2) is 7.83. The molecule has 2 aromatic heterocycles. The van der Waals surface area contributed by atoms with Gasteiger partial charge in [0, 0.05) is 31.5 Å². The quantitative estimate of drug-likeness (QED) is 0.277. The smallest absolute Gasteiger partial charge is 0.310 e. The van der Waals surface area contributed by atoms with Crippen molar-refractivity contribution < 1.29 is 4.92 Å². The van der Waals surface area contributed by atoms with Gasteiger partial charge in [-0.25, -0.2) is 9.97 Å². The Kier molecular flexibility index (Phi) is 5.10. The molecule has 0 unspecified atom stereocenters. The van der Waals surface area contributed by atoms with Crippen molar-refractivity contribution in [2.24, 2.45) is 0 Å². The molecule has 3 heterocycles. The number of rotatable bonds is 7. The first-order valence-corrected chi connectivity index (χ1v) is 9.90. The molecular weight excluding hydrogens is 364 g/mol. The fraction of sp³-hybridized carbons (Fsp3) is 0.333. The molecule has 2 N–H and O–H groups in total. The number of hydrogen-bond acceptors (Lipinski definition) is 7. The van der Waals surface area contributed by atoms with Crippen molar-refractivity contribution in [3.63, 3.8) is 0 Å². The van der Waals surface area contributed by atoms with Crippen LogP contribution in [0.2, 0.25) is 0 Å². The van der Waals surface area contributed by atoms with E-state index in [1.165, 1.54) is 6.20 Å². The molecule has 0 aliphatic carbocycles. The highest BCUT2D eigenvalue weighted by atomic mass is 32.2. The number of thioether (sulfide) groups is 1. The number of nitro groups is 1. The van der Waals surface area contributed by atoms with E-state index in [-0.39, 0.29) is 5.69 Å². The van der Waals surface area contributed by atoms with Crippen LogP contribution >= 0.6 is 11.8 Å². The topological polar surface area (TPSA) is 100.0 Å². The van der Waals surface area contributed by atoms with E-state index in [4.69, 9.17) is 0 Å². The maximum absolute atomic E-state index is 11.3. The molecule has 0 atom stereocenters. The van der Waals surface area contributed by atoms with Gasteiger partial charge in [0.05, 0.1) is 16.0 Å². The summed E-state index contributed by atoms with van der Waals surface area (Å²) < 4.78 is 0. The monoisotopic (exact) mass is 384 g/mol. The largest absolute Gasteiger partial charge is 0.378 e. The minimum absolute atomic E-state index is 0.00619. The molecule has 1 aliphatic rings. The van der Waals surface area contributed by atoms with E-state index in [0.717, 1.165) is 53.7 Å². The number of hydrogen-bond donors (Lipinski definition) is 2. The van der Waals surface area contributed by atoms with Gasteiger partial charge in [0.25, 0.3) is 0 Å². The lowest BCUT2D eigenvalue weighted by Crippen LogP contribution is -2.19. The van der Waals surface area contributed by atoms with Crippen molar-refractivity contribution in [1.29, 1.82) is 0 Å². The summed E-state index contributed by atoms with van der Waals surface area (Å²) >= 11 is 1.58. The van der Waals surface area contributed by atoms with E-state index in [9.17, 15) is 10.1 Å². The maximum atomic E-state index is 11.3. The Morgan fingerprint density at radius 3 is 2.89 bits per heavy atom. The highest BCUT2D eigenvalue weighted by Crippen LogP contribution is 2.29. The van der Waals surface area contributed by atoms with Gasteiger partial charge in [-0.05, 0) is 25.0 Å². The van der Waals surface area contributed by atoms with Crippen molar-refractivity contribution in [3.8, 4) is 0 Å². The number of nitrogens with zero attached hydrogens (tertiary/aromatic N) is 4. The summed E-state index contributed by atoms with van der Waals surface area (Å²) in [4.78, 5) is 25.1. The van der Waals surface area contributed by atoms with Crippen LogP contribution in [0, 0.1) is 10.1 Å². The molecular formula is C18H20N6O2S. The van der Waals surface area contributed by atoms with E-state index in [2.05, 4.69) is 25.2 Å². The number of aromatic amines is 1. The molecule has 1 fully saturated rings. The first-order valence-electron chi connectivity index (χ1n) is 8.91. The summed E-state index contributed by atoms with van der Waals surface area (Å²) in [5.74, 6) is 1.53. The van der Waals surface area contributed by atoms with Crippen molar-refractivity contribution in [2.45, 2.75) is 18.0 Å². The molecule has 4 rings (SSSR count). The zero-order valence-corrected chi connectivity index (χ0v) is 15.5. The van der Waals surface area contributed by atoms with Gasteiger partial charge in [-0.1, -0.05) is 23.9 Å². The molecule has 0 amide bonds. The van der Waals surface area contributed by atoms with Crippen LogP contribution in [0.25, 0.3) is 11.0 Å². The van der Waals surface area contributed by atoms with Crippen LogP contribution in [0.1, 0.15) is 12.8 Å². The lowest BCUT2D eigenvalue weighted by atomic mass is 10.3. The number of para-hydroxylation sites is 2. The molecule has 9 heteroatoms. The van der Waals surface area contributed by atoms with Crippen LogP contribution in [-0.2, 0) is 0 Å². The fourth-order valence-corrected chi connectivity index (χ4v) is 3.92. The first kappa shape index (κ1) is 17.6. The Labute approximate surface area is 160 Å². The van der Waals surface area contributed by atoms with Gasteiger partial charge < -0.3 is 15.2 Å². The first-order chi connectivity index (χ1) is 13.2. The van der Waals surface area contributed by atoms with Crippen LogP contribution in [0.15, 0.2) is 41.7 Å². The SMILES string of the molecule is O=[N+]([O-])c1cnc(N2CCCC2)cc1NCCSc1nc2ccccc2[nH]1. The van der Waals surface area contributed by atoms with Crippen LogP contribution in [-0.4, -0.2) is 45.3 Å². The number of anilines is 2. The van der Waals surface area contributed by atoms with Gasteiger partial charge in [-0.15, -0.1) is 0 Å². The number of fused-ring (bicyclic) bond motifs is 1. The van der Waals surface area contributed by atoms with Crippen LogP contribution in [0.5, 0.6) is 0 Å². The highest BCUT2D eigenvalue weighted by molar-refractivity contribution is 7.99. The van der Waals surface area contributed by atoms with Crippen molar-refractivity contribution in [3.05, 3.63) is 46.6 Å². The lowest BCUT2D eigenvalue weighted by Gasteiger charge is -2.17. The van der Waals surface area contributed by atoms with Gasteiger partial charge in [0.2, 0.25) is 0 Å². The van der Waals surface area contributed by atoms with E-state index in [1.54, 1.807) is 17.8 Å². The average molecular weight is 384 g/mol. The molecule has 0 saturated carbocycles. The number of H-pyrrole nitrogens is 1. The molecule has 8 nitrogen and oxygen atoms in total. The predicted octanol–water partition coefficient (Wildman–Crippen LogP) is 3.67. The van der Waals surface area contributed by atoms with E-state index in [0.29, 0.717) is 12.2 Å². The summed E-state index contributed by atoms with van der Waals surface area (Å²) in [5, 5.41) is 15.3. The minimum Gasteiger partial charge on any atom is -0.378 e. The number of pyridine rings is 1. The maximum Gasteiger partial charge on any atom is 0.310 e. The molecule has 1 saturated heterocycles. The summed E-state index contributed by atoms with van der Waals surface area (Å²) in [7, 11) is 0. The Bertz CT molecular complexity index is 921. The molecule has 0 radical (unpaired) electrons. The van der Waals surface area contributed by atoms with E-state index < -0.39 is 4.92 Å². The number of benzene rings is 1. The second-order valence-electron chi connectivity index (χ2n) is 6.35. The zero-order chi connectivity index (χ0) is 18.6. The van der Waals surface area contributed by atoms with Gasteiger partial charge in [0.15, 0.2) is 5.16 Å². The predicted molar refractivity (Wildman–Crippen MR) is 108 cm³/mol. The Morgan fingerprint density at radius 1 is 1.30 bits per heavy atom. The van der Waals surface area contributed by atoms with E-state index >= 15 is 0 Å². The lowest BCUT2D eigenvalue weighted by molar-refractivity contribution is -0.384. The summed E-state index contributed by atoms with van der Waals surface area (Å²) in [6.07, 6.45) is 3.62. The Hall–Kier alpha value is -2.81. The van der Waals surface area contributed by atoms with Crippen molar-refractivity contribution >= 4 is 40.0 Å². The minimum atomic E-state index is -0.393. The van der Waals surface area contributed by atoms with Crippen LogP contribution in [0.4, 0.5) is 17.2 Å². The van der Waals surface area contributed by atoms with E-state index in [1.807, 2.05) is 24.3 Å². The summed E-state index contributed by atoms with van der Waals surface area (Å²) in [5.41, 5.74) is 2.47. The van der Waals surface area contributed by atoms with Crippen molar-refractivity contribution in [1.82, 2.24) is 15.0 Å². The zero-order valence-electron chi connectivity index (χ0n) is 14.7. The average Bonchev–Trinajstić information content (AvgIpc) is 3.34. The highest BCUT2D eigenvalue weighted by Gasteiger charge is 2.19. The third-order valence-corrected chi connectivity index (χ3v) is 5.39. The fourth-order valence-electron chi connectivity index (χ4n) is 3.17. The molecule has 27 heavy (non-hydrogen) atoms. The van der Waals surface area contributed by atoms with Gasteiger partial charge in [-0.3, -0.25) is 10.1 Å². The molecule has 140 valence electrons. The van der Waals surface area contributed by atoms with Crippen LogP contribution in [0.3, 0.4) is 0 Å². The number of imidazole rings is 1. The van der Waals surface area contributed by atoms with Crippen LogP contribution < -0.4 is 10.2 Å². The Balaban J connectivity index is 1.40. The summed E-state index contributed by atoms with van der Waals surface area (Å²) in [6, 6.07) is 9.67. The number of aromatic nitrogens is 3. The van der Waals surface area contributed by atoms with Gasteiger partial charge in [-0.2, -0.15) is 0 Å². The molecule has 3 aromatic rings. The molecule has 0 bridgehead atoms. The second-order valence-corrected chi connectivity index (χ2v) is 7.43. The van der Waals surface area contributed by atoms with Gasteiger partial charge >= 0.3 is 5.69 Å². The molecule has 0 spiro atoms.